The zero-order valence-electron chi connectivity index (χ0n) is 14.4. The number of rotatable bonds is 3. The molecule has 8 heteroatoms. The van der Waals surface area contributed by atoms with Crippen LogP contribution in [-0.2, 0) is 6.18 Å². The lowest BCUT2D eigenvalue weighted by Crippen LogP contribution is -2.40. The van der Waals surface area contributed by atoms with E-state index < -0.39 is 29.1 Å². The van der Waals surface area contributed by atoms with E-state index in [0.717, 1.165) is 12.1 Å². The first kappa shape index (κ1) is 19.4. The molecule has 0 saturated carbocycles. The summed E-state index contributed by atoms with van der Waals surface area (Å²) in [4.78, 5) is 28.3. The van der Waals surface area contributed by atoms with Gasteiger partial charge in [0.1, 0.15) is 0 Å². The Balaban J connectivity index is 2.18. The van der Waals surface area contributed by atoms with Crippen LogP contribution in [0, 0.1) is 0 Å². The Morgan fingerprint density at radius 1 is 0.962 bits per heavy atom. The average molecular weight is 365 g/mol. The van der Waals surface area contributed by atoms with Gasteiger partial charge in [-0.2, -0.15) is 13.2 Å². The Hall–Kier alpha value is -2.90. The van der Waals surface area contributed by atoms with Gasteiger partial charge in [0.15, 0.2) is 0 Å². The molecule has 0 saturated heterocycles. The molecule has 0 aliphatic carbocycles. The second kappa shape index (κ2) is 7.15. The van der Waals surface area contributed by atoms with Crippen LogP contribution < -0.4 is 10.6 Å². The predicted octanol–water partition coefficient (Wildman–Crippen LogP) is 3.88. The van der Waals surface area contributed by atoms with Gasteiger partial charge in [-0.3, -0.25) is 14.6 Å². The number of benzene rings is 1. The summed E-state index contributed by atoms with van der Waals surface area (Å²) in [6.45, 7) is 5.42. The maximum atomic E-state index is 12.7. The van der Waals surface area contributed by atoms with Crippen molar-refractivity contribution in [1.29, 1.82) is 0 Å². The molecule has 138 valence electrons. The van der Waals surface area contributed by atoms with Crippen molar-refractivity contribution in [3.05, 3.63) is 59.4 Å². The van der Waals surface area contributed by atoms with E-state index in [9.17, 15) is 22.8 Å². The number of halogens is 3. The van der Waals surface area contributed by atoms with Crippen molar-refractivity contribution in [3.63, 3.8) is 0 Å². The van der Waals surface area contributed by atoms with Gasteiger partial charge in [0.25, 0.3) is 11.8 Å². The van der Waals surface area contributed by atoms with Crippen LogP contribution in [0.5, 0.6) is 0 Å². The van der Waals surface area contributed by atoms with Crippen molar-refractivity contribution in [3.8, 4) is 0 Å². The predicted molar refractivity (Wildman–Crippen MR) is 90.9 cm³/mol. The van der Waals surface area contributed by atoms with Crippen molar-refractivity contribution >= 4 is 17.5 Å². The molecule has 1 aromatic carbocycles. The van der Waals surface area contributed by atoms with E-state index in [2.05, 4.69) is 15.6 Å². The van der Waals surface area contributed by atoms with Crippen molar-refractivity contribution in [1.82, 2.24) is 10.3 Å². The van der Waals surface area contributed by atoms with Gasteiger partial charge in [0.05, 0.1) is 16.7 Å². The Kier molecular flexibility index (Phi) is 5.34. The Labute approximate surface area is 148 Å². The minimum Gasteiger partial charge on any atom is -0.347 e. The standard InChI is InChI=1S/C18H18F3N3O2/c1-17(2,3)24-16(26)12-7-11(9-22-10-12)15(25)23-14-6-4-5-13(8-14)18(19,20)21/h4-10H,1-3H3,(H,23,25)(H,24,26). The molecule has 0 spiro atoms. The van der Waals surface area contributed by atoms with Gasteiger partial charge >= 0.3 is 6.18 Å². The third-order valence-electron chi connectivity index (χ3n) is 3.20. The number of aromatic nitrogens is 1. The van der Waals surface area contributed by atoms with Crippen LogP contribution >= 0.6 is 0 Å². The summed E-state index contributed by atoms with van der Waals surface area (Å²) in [7, 11) is 0. The van der Waals surface area contributed by atoms with E-state index in [-0.39, 0.29) is 16.8 Å². The van der Waals surface area contributed by atoms with E-state index in [1.165, 1.54) is 30.6 Å². The molecule has 0 fully saturated rings. The molecule has 2 amide bonds. The monoisotopic (exact) mass is 365 g/mol. The number of anilines is 1. The smallest absolute Gasteiger partial charge is 0.347 e. The lowest BCUT2D eigenvalue weighted by Gasteiger charge is -2.20. The summed E-state index contributed by atoms with van der Waals surface area (Å²) in [5.74, 6) is -1.07. The molecule has 0 unspecified atom stereocenters. The SMILES string of the molecule is CC(C)(C)NC(=O)c1cncc(C(=O)Nc2cccc(C(F)(F)F)c2)c1. The number of nitrogens with one attached hydrogen (secondary N) is 2. The highest BCUT2D eigenvalue weighted by Gasteiger charge is 2.30. The zero-order chi connectivity index (χ0) is 19.5. The summed E-state index contributed by atoms with van der Waals surface area (Å²) in [5, 5.41) is 5.11. The maximum Gasteiger partial charge on any atom is 0.416 e. The fraction of sp³-hybridized carbons (Fsp3) is 0.278. The Bertz CT molecular complexity index is 827. The zero-order valence-corrected chi connectivity index (χ0v) is 14.4. The van der Waals surface area contributed by atoms with Crippen LogP contribution in [0.15, 0.2) is 42.7 Å². The number of alkyl halides is 3. The summed E-state index contributed by atoms with van der Waals surface area (Å²) < 4.78 is 38.2. The molecule has 2 rings (SSSR count). The minimum absolute atomic E-state index is 0.00521. The van der Waals surface area contributed by atoms with E-state index in [4.69, 9.17) is 0 Å². The molecule has 2 aromatic rings. The van der Waals surface area contributed by atoms with Crippen molar-refractivity contribution < 1.29 is 22.8 Å². The van der Waals surface area contributed by atoms with Crippen LogP contribution in [0.25, 0.3) is 0 Å². The second-order valence-electron chi connectivity index (χ2n) is 6.70. The molecule has 0 aliphatic rings. The fourth-order valence-corrected chi connectivity index (χ4v) is 2.08. The summed E-state index contributed by atoms with van der Waals surface area (Å²) >= 11 is 0. The Morgan fingerprint density at radius 3 is 2.15 bits per heavy atom. The van der Waals surface area contributed by atoms with E-state index in [1.807, 2.05) is 20.8 Å². The number of pyridine rings is 1. The van der Waals surface area contributed by atoms with Gasteiger partial charge in [0, 0.05) is 23.6 Å². The first-order valence-electron chi connectivity index (χ1n) is 7.72. The third-order valence-corrected chi connectivity index (χ3v) is 3.20. The van der Waals surface area contributed by atoms with Crippen LogP contribution in [0.3, 0.4) is 0 Å². The molecular formula is C18H18F3N3O2. The molecule has 2 N–H and O–H groups in total. The van der Waals surface area contributed by atoms with Crippen LogP contribution in [-0.4, -0.2) is 22.3 Å². The number of hydrogen-bond donors (Lipinski definition) is 2. The topological polar surface area (TPSA) is 71.1 Å². The van der Waals surface area contributed by atoms with E-state index >= 15 is 0 Å². The highest BCUT2D eigenvalue weighted by Crippen LogP contribution is 2.30. The molecule has 1 heterocycles. The molecule has 1 aromatic heterocycles. The molecule has 0 radical (unpaired) electrons. The molecule has 0 atom stereocenters. The number of hydrogen-bond acceptors (Lipinski definition) is 3. The largest absolute Gasteiger partial charge is 0.416 e. The molecular weight excluding hydrogens is 347 g/mol. The average Bonchev–Trinajstić information content (AvgIpc) is 2.53. The number of nitrogens with zero attached hydrogens (tertiary/aromatic N) is 1. The van der Waals surface area contributed by atoms with Gasteiger partial charge in [-0.05, 0) is 45.0 Å². The first-order valence-corrected chi connectivity index (χ1v) is 7.72. The van der Waals surface area contributed by atoms with E-state index in [1.54, 1.807) is 0 Å². The highest BCUT2D eigenvalue weighted by molar-refractivity contribution is 6.05. The Morgan fingerprint density at radius 2 is 1.58 bits per heavy atom. The molecule has 0 aliphatic heterocycles. The van der Waals surface area contributed by atoms with Gasteiger partial charge in [0.2, 0.25) is 0 Å². The maximum absolute atomic E-state index is 12.7. The summed E-state index contributed by atoms with van der Waals surface area (Å²) in [5.41, 5.74) is -1.10. The number of amides is 2. The van der Waals surface area contributed by atoms with Gasteiger partial charge in [-0.25, -0.2) is 0 Å². The highest BCUT2D eigenvalue weighted by atomic mass is 19.4. The first-order chi connectivity index (χ1) is 12.0. The molecule has 5 nitrogen and oxygen atoms in total. The third kappa shape index (κ3) is 5.30. The molecule has 26 heavy (non-hydrogen) atoms. The van der Waals surface area contributed by atoms with E-state index in [0.29, 0.717) is 0 Å². The van der Waals surface area contributed by atoms with Gasteiger partial charge in [-0.15, -0.1) is 0 Å². The van der Waals surface area contributed by atoms with Crippen molar-refractivity contribution in [2.45, 2.75) is 32.5 Å². The van der Waals surface area contributed by atoms with Crippen LogP contribution in [0.4, 0.5) is 18.9 Å². The van der Waals surface area contributed by atoms with Crippen molar-refractivity contribution in [2.24, 2.45) is 0 Å². The normalized spacial score (nSPS) is 11.8. The van der Waals surface area contributed by atoms with Crippen molar-refractivity contribution in [2.75, 3.05) is 5.32 Å². The van der Waals surface area contributed by atoms with Crippen LogP contribution in [0.2, 0.25) is 0 Å². The lowest BCUT2D eigenvalue weighted by molar-refractivity contribution is -0.137. The lowest BCUT2D eigenvalue weighted by atomic mass is 10.1. The fourth-order valence-electron chi connectivity index (χ4n) is 2.08. The second-order valence-corrected chi connectivity index (χ2v) is 6.70. The van der Waals surface area contributed by atoms with Gasteiger partial charge in [-0.1, -0.05) is 6.07 Å². The molecule has 0 bridgehead atoms. The minimum atomic E-state index is -4.51. The summed E-state index contributed by atoms with van der Waals surface area (Å²) in [6.07, 6.45) is -1.97. The number of carbonyl (C=O) groups is 2. The van der Waals surface area contributed by atoms with Crippen LogP contribution in [0.1, 0.15) is 47.1 Å². The quantitative estimate of drug-likeness (QED) is 0.867. The summed E-state index contributed by atoms with van der Waals surface area (Å²) in [6, 6.07) is 5.62. The number of carbonyl (C=O) groups excluding carboxylic acids is 2. The van der Waals surface area contributed by atoms with Gasteiger partial charge < -0.3 is 10.6 Å².